The van der Waals surface area contributed by atoms with Crippen molar-refractivity contribution < 1.29 is 0 Å². The summed E-state index contributed by atoms with van der Waals surface area (Å²) in [5.41, 5.74) is 1.83. The Morgan fingerprint density at radius 3 is 2.42 bits per heavy atom. The summed E-state index contributed by atoms with van der Waals surface area (Å²) < 4.78 is 1.69. The van der Waals surface area contributed by atoms with Gasteiger partial charge in [0, 0.05) is 6.54 Å². The van der Waals surface area contributed by atoms with Crippen molar-refractivity contribution in [2.75, 3.05) is 0 Å². The van der Waals surface area contributed by atoms with Gasteiger partial charge < -0.3 is 4.57 Å². The molecular weight excluding hydrogens is 236 g/mol. The van der Waals surface area contributed by atoms with Crippen LogP contribution in [0.4, 0.5) is 0 Å². The molecule has 19 heavy (non-hydrogen) atoms. The van der Waals surface area contributed by atoms with Gasteiger partial charge in [-0.2, -0.15) is 5.26 Å². The van der Waals surface area contributed by atoms with E-state index >= 15 is 0 Å². The number of aromatic nitrogens is 1. The Bertz CT molecular complexity index is 663. The molecule has 2 aromatic rings. The van der Waals surface area contributed by atoms with Crippen molar-refractivity contribution in [2.24, 2.45) is 5.92 Å². The van der Waals surface area contributed by atoms with E-state index in [4.69, 9.17) is 5.26 Å². The number of hydrogen-bond acceptors (Lipinski definition) is 2. The fourth-order valence-electron chi connectivity index (χ4n) is 2.07. The molecule has 0 N–H and O–H groups in total. The van der Waals surface area contributed by atoms with Crippen LogP contribution >= 0.6 is 0 Å². The Kier molecular flexibility index (Phi) is 3.82. The van der Waals surface area contributed by atoms with Crippen LogP contribution in [-0.4, -0.2) is 4.57 Å². The first-order chi connectivity index (χ1) is 9.13. The molecule has 1 aromatic heterocycles. The highest BCUT2D eigenvalue weighted by atomic mass is 16.1. The highest BCUT2D eigenvalue weighted by molar-refractivity contribution is 5.60. The van der Waals surface area contributed by atoms with Crippen molar-refractivity contribution in [2.45, 2.75) is 20.4 Å². The van der Waals surface area contributed by atoms with Gasteiger partial charge in [0.2, 0.25) is 0 Å². The van der Waals surface area contributed by atoms with Crippen LogP contribution in [0, 0.1) is 17.2 Å². The molecule has 3 nitrogen and oxygen atoms in total. The smallest absolute Gasteiger partial charge is 0.268 e. The molecule has 0 aliphatic heterocycles. The van der Waals surface area contributed by atoms with E-state index in [1.165, 1.54) is 0 Å². The molecular formula is C16H16N2O. The third-order valence-electron chi connectivity index (χ3n) is 2.91. The highest BCUT2D eigenvalue weighted by Crippen LogP contribution is 2.18. The zero-order valence-corrected chi connectivity index (χ0v) is 11.1. The summed E-state index contributed by atoms with van der Waals surface area (Å²) in [7, 11) is 0. The summed E-state index contributed by atoms with van der Waals surface area (Å²) in [5.74, 6) is 0.342. The average molecular weight is 252 g/mol. The van der Waals surface area contributed by atoms with Crippen molar-refractivity contribution >= 4 is 0 Å². The van der Waals surface area contributed by atoms with Crippen molar-refractivity contribution in [3.8, 4) is 17.3 Å². The van der Waals surface area contributed by atoms with Crippen LogP contribution in [0.1, 0.15) is 19.4 Å². The Hall–Kier alpha value is -2.34. The second-order valence-electron chi connectivity index (χ2n) is 4.92. The number of nitriles is 1. The van der Waals surface area contributed by atoms with Crippen LogP contribution in [0.25, 0.3) is 11.3 Å². The Morgan fingerprint density at radius 2 is 1.84 bits per heavy atom. The van der Waals surface area contributed by atoms with Crippen LogP contribution in [-0.2, 0) is 6.54 Å². The lowest BCUT2D eigenvalue weighted by Gasteiger charge is -2.15. The van der Waals surface area contributed by atoms with E-state index < -0.39 is 0 Å². The lowest BCUT2D eigenvalue weighted by Crippen LogP contribution is -2.26. The number of benzene rings is 1. The van der Waals surface area contributed by atoms with Gasteiger partial charge in [-0.15, -0.1) is 0 Å². The lowest BCUT2D eigenvalue weighted by molar-refractivity contribution is 0.514. The second-order valence-corrected chi connectivity index (χ2v) is 4.92. The monoisotopic (exact) mass is 252 g/mol. The van der Waals surface area contributed by atoms with Gasteiger partial charge >= 0.3 is 0 Å². The predicted octanol–water partition coefficient (Wildman–Crippen LogP) is 3.04. The van der Waals surface area contributed by atoms with Gasteiger partial charge in [0.25, 0.3) is 5.56 Å². The third-order valence-corrected chi connectivity index (χ3v) is 2.91. The Morgan fingerprint density at radius 1 is 1.16 bits per heavy atom. The summed E-state index contributed by atoms with van der Waals surface area (Å²) in [6.07, 6.45) is 0. The zero-order chi connectivity index (χ0) is 13.8. The second kappa shape index (κ2) is 5.53. The highest BCUT2D eigenvalue weighted by Gasteiger charge is 2.11. The molecule has 0 amide bonds. The fraction of sp³-hybridized carbons (Fsp3) is 0.250. The van der Waals surface area contributed by atoms with Gasteiger partial charge in [0.15, 0.2) is 0 Å². The summed E-state index contributed by atoms with van der Waals surface area (Å²) in [4.78, 5) is 12.3. The van der Waals surface area contributed by atoms with E-state index in [1.54, 1.807) is 10.6 Å². The van der Waals surface area contributed by atoms with Crippen LogP contribution < -0.4 is 5.56 Å². The minimum Gasteiger partial charge on any atom is -0.307 e. The summed E-state index contributed by atoms with van der Waals surface area (Å²) in [5, 5.41) is 8.98. The number of pyridine rings is 1. The average Bonchev–Trinajstić information content (AvgIpc) is 2.41. The van der Waals surface area contributed by atoms with Crippen molar-refractivity contribution in [3.05, 3.63) is 58.4 Å². The van der Waals surface area contributed by atoms with Gasteiger partial charge in [0.1, 0.15) is 11.6 Å². The minimum atomic E-state index is -0.211. The number of rotatable bonds is 3. The number of nitrogens with zero attached hydrogens (tertiary/aromatic N) is 2. The maximum Gasteiger partial charge on any atom is 0.268 e. The first-order valence-corrected chi connectivity index (χ1v) is 6.33. The van der Waals surface area contributed by atoms with Gasteiger partial charge in [-0.1, -0.05) is 44.2 Å². The molecule has 0 aliphatic carbocycles. The zero-order valence-electron chi connectivity index (χ0n) is 11.1. The fourth-order valence-corrected chi connectivity index (χ4v) is 2.07. The number of hydrogen-bond donors (Lipinski definition) is 0. The molecule has 0 aliphatic rings. The first kappa shape index (κ1) is 13.1. The molecule has 1 aromatic carbocycles. The van der Waals surface area contributed by atoms with E-state index in [-0.39, 0.29) is 11.1 Å². The van der Waals surface area contributed by atoms with Gasteiger partial charge in [-0.25, -0.2) is 0 Å². The molecule has 0 fully saturated rings. The molecule has 0 saturated heterocycles. The molecule has 0 saturated carbocycles. The Labute approximate surface area is 112 Å². The van der Waals surface area contributed by atoms with Gasteiger partial charge in [0.05, 0.1) is 5.69 Å². The van der Waals surface area contributed by atoms with E-state index in [0.29, 0.717) is 12.5 Å². The van der Waals surface area contributed by atoms with Gasteiger partial charge in [-0.3, -0.25) is 4.79 Å². The molecule has 0 bridgehead atoms. The van der Waals surface area contributed by atoms with E-state index in [2.05, 4.69) is 13.8 Å². The molecule has 3 heteroatoms. The maximum absolute atomic E-state index is 12.3. The maximum atomic E-state index is 12.3. The SMILES string of the molecule is CC(C)Cn1c(-c2ccccc2)ccc(C#N)c1=O. The van der Waals surface area contributed by atoms with E-state index in [1.807, 2.05) is 42.5 Å². The van der Waals surface area contributed by atoms with Crippen LogP contribution in [0.5, 0.6) is 0 Å². The van der Waals surface area contributed by atoms with Crippen LogP contribution in [0.15, 0.2) is 47.3 Å². The topological polar surface area (TPSA) is 45.8 Å². The normalized spacial score (nSPS) is 10.4. The molecule has 2 rings (SSSR count). The largest absolute Gasteiger partial charge is 0.307 e. The first-order valence-electron chi connectivity index (χ1n) is 6.33. The van der Waals surface area contributed by atoms with Gasteiger partial charge in [-0.05, 0) is 23.6 Å². The summed E-state index contributed by atoms with van der Waals surface area (Å²) >= 11 is 0. The Balaban J connectivity index is 2.65. The summed E-state index contributed by atoms with van der Waals surface area (Å²) in [6.45, 7) is 4.72. The van der Waals surface area contributed by atoms with E-state index in [0.717, 1.165) is 11.3 Å². The van der Waals surface area contributed by atoms with Crippen LogP contribution in [0.3, 0.4) is 0 Å². The molecule has 1 heterocycles. The minimum absolute atomic E-state index is 0.195. The lowest BCUT2D eigenvalue weighted by atomic mass is 10.1. The third kappa shape index (κ3) is 2.74. The van der Waals surface area contributed by atoms with E-state index in [9.17, 15) is 4.79 Å². The molecule has 0 atom stereocenters. The molecule has 0 unspecified atom stereocenters. The molecule has 0 radical (unpaired) electrons. The van der Waals surface area contributed by atoms with Crippen molar-refractivity contribution in [1.29, 1.82) is 5.26 Å². The van der Waals surface area contributed by atoms with Crippen molar-refractivity contribution in [1.82, 2.24) is 4.57 Å². The van der Waals surface area contributed by atoms with Crippen molar-refractivity contribution in [3.63, 3.8) is 0 Å². The molecule has 96 valence electrons. The quantitative estimate of drug-likeness (QED) is 0.842. The summed E-state index contributed by atoms with van der Waals surface area (Å²) in [6, 6.07) is 15.2. The standard InChI is InChI=1S/C16H16N2O/c1-12(2)11-18-15(13-6-4-3-5-7-13)9-8-14(10-17)16(18)19/h3-9,12H,11H2,1-2H3. The predicted molar refractivity (Wildman–Crippen MR) is 75.7 cm³/mol. The molecule has 0 spiro atoms. The van der Waals surface area contributed by atoms with Crippen LogP contribution in [0.2, 0.25) is 0 Å².